The summed E-state index contributed by atoms with van der Waals surface area (Å²) in [7, 11) is 3.07. The van der Waals surface area contributed by atoms with Crippen molar-refractivity contribution in [3.8, 4) is 11.5 Å². The summed E-state index contributed by atoms with van der Waals surface area (Å²) in [5.41, 5.74) is 0.527. The van der Waals surface area contributed by atoms with Crippen molar-refractivity contribution in [1.82, 2.24) is 0 Å². The molecule has 4 nitrogen and oxygen atoms in total. The van der Waals surface area contributed by atoms with Crippen molar-refractivity contribution in [3.05, 3.63) is 94.5 Å². The van der Waals surface area contributed by atoms with Gasteiger partial charge in [0.15, 0.2) is 11.7 Å². The summed E-state index contributed by atoms with van der Waals surface area (Å²) in [6.45, 7) is 0. The molecule has 0 saturated carbocycles. The number of halogens is 2. The largest absolute Gasteiger partial charge is 0.618 e. The molecule has 29 heavy (non-hydrogen) atoms. The Morgan fingerprint density at radius 1 is 0.724 bits per heavy atom. The molecule has 148 valence electrons. The Kier molecular flexibility index (Phi) is 6.24. The van der Waals surface area contributed by atoms with Crippen LogP contribution in [0.2, 0.25) is 0 Å². The van der Waals surface area contributed by atoms with Crippen LogP contribution in [-0.4, -0.2) is 14.2 Å². The molecule has 0 aliphatic heterocycles. The average Bonchev–Trinajstić information content (AvgIpc) is 2.74. The van der Waals surface area contributed by atoms with Crippen LogP contribution < -0.4 is 14.2 Å². The Labute approximate surface area is 167 Å². The molecule has 3 aromatic rings. The monoisotopic (exact) mass is 395 g/mol. The van der Waals surface area contributed by atoms with E-state index >= 15 is 0 Å². The van der Waals surface area contributed by atoms with Crippen LogP contribution in [-0.2, 0) is 0 Å². The standard InChI is InChI=1S/C23H19F2NO3/c1-28-18-10-6-16(7-11-18)14-20(24)22-4-3-5-23(26(22)27)21(25)15-17-8-12-19(29-2)13-9-17/h3-15H,1-2H3/b20-14-,21-15-. The minimum absolute atomic E-state index is 0.241. The molecule has 0 aliphatic rings. The zero-order chi connectivity index (χ0) is 20.8. The van der Waals surface area contributed by atoms with Gasteiger partial charge in [-0.2, -0.15) is 13.5 Å². The minimum atomic E-state index is -0.774. The van der Waals surface area contributed by atoms with E-state index in [4.69, 9.17) is 9.47 Å². The molecule has 0 bridgehead atoms. The second kappa shape index (κ2) is 9.01. The zero-order valence-electron chi connectivity index (χ0n) is 15.9. The molecule has 0 N–H and O–H groups in total. The van der Waals surface area contributed by atoms with Crippen LogP contribution in [0, 0.1) is 5.21 Å². The molecule has 0 spiro atoms. The van der Waals surface area contributed by atoms with Gasteiger partial charge < -0.3 is 14.7 Å². The number of aromatic nitrogens is 1. The molecular weight excluding hydrogens is 376 g/mol. The normalized spacial score (nSPS) is 12.0. The summed E-state index contributed by atoms with van der Waals surface area (Å²) in [6.07, 6.45) is 2.41. The maximum Gasteiger partial charge on any atom is 0.253 e. The first-order chi connectivity index (χ1) is 14.0. The first kappa shape index (κ1) is 20.1. The zero-order valence-corrected chi connectivity index (χ0v) is 15.9. The Balaban J connectivity index is 1.91. The summed E-state index contributed by atoms with van der Waals surface area (Å²) in [6, 6.07) is 17.4. The van der Waals surface area contributed by atoms with E-state index in [1.807, 2.05) is 0 Å². The van der Waals surface area contributed by atoms with Gasteiger partial charge in [0.25, 0.3) is 11.4 Å². The third kappa shape index (κ3) is 4.79. The van der Waals surface area contributed by atoms with Gasteiger partial charge in [-0.3, -0.25) is 0 Å². The fourth-order valence-corrected chi connectivity index (χ4v) is 2.69. The van der Waals surface area contributed by atoms with E-state index < -0.39 is 11.7 Å². The number of nitrogens with zero attached hydrogens (tertiary/aromatic N) is 1. The van der Waals surface area contributed by atoms with Crippen LogP contribution in [0.25, 0.3) is 23.8 Å². The average molecular weight is 395 g/mol. The lowest BCUT2D eigenvalue weighted by atomic mass is 10.1. The van der Waals surface area contributed by atoms with Crippen molar-refractivity contribution in [2.75, 3.05) is 14.2 Å². The lowest BCUT2D eigenvalue weighted by Crippen LogP contribution is -2.35. The highest BCUT2D eigenvalue weighted by molar-refractivity contribution is 5.76. The van der Waals surface area contributed by atoms with E-state index in [0.717, 1.165) is 0 Å². The molecule has 1 aromatic heterocycles. The maximum atomic E-state index is 14.7. The molecule has 0 unspecified atom stereocenters. The summed E-state index contributed by atoms with van der Waals surface area (Å²) < 4.78 is 39.7. The number of benzene rings is 2. The Morgan fingerprint density at radius 3 is 1.45 bits per heavy atom. The number of hydrogen-bond acceptors (Lipinski definition) is 3. The fourth-order valence-electron chi connectivity index (χ4n) is 2.69. The molecular formula is C23H19F2NO3. The highest BCUT2D eigenvalue weighted by Gasteiger charge is 2.19. The van der Waals surface area contributed by atoms with Gasteiger partial charge in [0.2, 0.25) is 0 Å². The van der Waals surface area contributed by atoms with Gasteiger partial charge in [0.1, 0.15) is 11.5 Å². The highest BCUT2D eigenvalue weighted by atomic mass is 19.1. The van der Waals surface area contributed by atoms with Crippen molar-refractivity contribution in [3.63, 3.8) is 0 Å². The van der Waals surface area contributed by atoms with Crippen LogP contribution in [0.3, 0.4) is 0 Å². The van der Waals surface area contributed by atoms with Crippen molar-refractivity contribution in [2.45, 2.75) is 0 Å². The number of rotatable bonds is 6. The summed E-state index contributed by atoms with van der Waals surface area (Å²) in [5.74, 6) is -0.281. The van der Waals surface area contributed by atoms with E-state index in [0.29, 0.717) is 22.6 Å². The van der Waals surface area contributed by atoms with E-state index in [1.165, 1.54) is 44.6 Å². The SMILES string of the molecule is COc1ccc(/C=C(\F)c2cccc(/C(F)=C/c3ccc(OC)cc3)[n+]2[O-])cc1. The molecule has 0 radical (unpaired) electrons. The molecule has 3 rings (SSSR count). The van der Waals surface area contributed by atoms with E-state index in [1.54, 1.807) is 48.5 Å². The lowest BCUT2D eigenvalue weighted by Gasteiger charge is -2.07. The molecule has 0 fully saturated rings. The van der Waals surface area contributed by atoms with Gasteiger partial charge >= 0.3 is 0 Å². The molecule has 1 heterocycles. The van der Waals surface area contributed by atoms with Crippen LogP contribution in [0.4, 0.5) is 8.78 Å². The maximum absolute atomic E-state index is 14.7. The predicted octanol–water partition coefficient (Wildman–Crippen LogP) is 5.27. The Morgan fingerprint density at radius 2 is 1.10 bits per heavy atom. The summed E-state index contributed by atoms with van der Waals surface area (Å²) >= 11 is 0. The number of pyridine rings is 1. The summed E-state index contributed by atoms with van der Waals surface area (Å²) in [5, 5.41) is 12.5. The van der Waals surface area contributed by atoms with E-state index in [-0.39, 0.29) is 16.1 Å². The van der Waals surface area contributed by atoms with E-state index in [9.17, 15) is 14.0 Å². The molecule has 2 aromatic carbocycles. The van der Waals surface area contributed by atoms with Gasteiger partial charge in [-0.1, -0.05) is 24.3 Å². The molecule has 0 atom stereocenters. The minimum Gasteiger partial charge on any atom is -0.618 e. The Hall–Kier alpha value is -3.67. The predicted molar refractivity (Wildman–Crippen MR) is 109 cm³/mol. The van der Waals surface area contributed by atoms with Gasteiger partial charge in [0.05, 0.1) is 14.2 Å². The van der Waals surface area contributed by atoms with Gasteiger partial charge in [-0.25, -0.2) is 0 Å². The van der Waals surface area contributed by atoms with Crippen molar-refractivity contribution >= 4 is 23.8 Å². The van der Waals surface area contributed by atoms with Gasteiger partial charge in [0, 0.05) is 12.1 Å². The lowest BCUT2D eigenvalue weighted by molar-refractivity contribution is -0.611. The van der Waals surface area contributed by atoms with Crippen molar-refractivity contribution in [2.24, 2.45) is 0 Å². The van der Waals surface area contributed by atoms with Crippen LogP contribution in [0.1, 0.15) is 22.5 Å². The molecule has 0 aliphatic carbocycles. The van der Waals surface area contributed by atoms with Crippen molar-refractivity contribution < 1.29 is 23.0 Å². The van der Waals surface area contributed by atoms with Crippen LogP contribution in [0.15, 0.2) is 66.7 Å². The molecule has 0 saturated heterocycles. The fraction of sp³-hybridized carbons (Fsp3) is 0.0870. The third-order valence-corrected chi connectivity index (χ3v) is 4.25. The van der Waals surface area contributed by atoms with E-state index in [2.05, 4.69) is 0 Å². The second-order valence-electron chi connectivity index (χ2n) is 6.12. The molecule has 6 heteroatoms. The van der Waals surface area contributed by atoms with Crippen LogP contribution in [0.5, 0.6) is 11.5 Å². The first-order valence-corrected chi connectivity index (χ1v) is 8.77. The molecule has 0 amide bonds. The Bertz CT molecular complexity index is 961. The smallest absolute Gasteiger partial charge is 0.253 e. The quantitative estimate of drug-likeness (QED) is 0.422. The second-order valence-corrected chi connectivity index (χ2v) is 6.12. The number of ether oxygens (including phenoxy) is 2. The van der Waals surface area contributed by atoms with Crippen LogP contribution >= 0.6 is 0 Å². The topological polar surface area (TPSA) is 45.4 Å². The first-order valence-electron chi connectivity index (χ1n) is 8.77. The third-order valence-electron chi connectivity index (χ3n) is 4.25. The van der Waals surface area contributed by atoms with Gasteiger partial charge in [-0.05, 0) is 53.6 Å². The van der Waals surface area contributed by atoms with Crippen molar-refractivity contribution in [1.29, 1.82) is 0 Å². The van der Waals surface area contributed by atoms with Gasteiger partial charge in [-0.15, -0.1) is 0 Å². The highest BCUT2D eigenvalue weighted by Crippen LogP contribution is 2.23. The number of hydrogen-bond donors (Lipinski definition) is 0. The number of methoxy groups -OCH3 is 2. The summed E-state index contributed by atoms with van der Waals surface area (Å²) in [4.78, 5) is 0.